The number of hydrogen-bond acceptors (Lipinski definition) is 3. The number of benzene rings is 2. The number of pyridine rings is 1. The molecule has 0 saturated carbocycles. The minimum Gasteiger partial charge on any atom is -0.496 e. The van der Waals surface area contributed by atoms with E-state index in [1.165, 1.54) is 6.07 Å². The van der Waals surface area contributed by atoms with Crippen molar-refractivity contribution in [1.29, 1.82) is 0 Å². The Hall–Kier alpha value is -2.14. The zero-order chi connectivity index (χ0) is 14.8. The van der Waals surface area contributed by atoms with Crippen LogP contribution >= 0.6 is 15.9 Å². The smallest absolute Gasteiger partial charge is 0.227 e. The first-order valence-electron chi connectivity index (χ1n) is 6.23. The summed E-state index contributed by atoms with van der Waals surface area (Å²) in [5.74, 6) is 1.15. The summed E-state index contributed by atoms with van der Waals surface area (Å²) in [4.78, 5) is 4.22. The van der Waals surface area contributed by atoms with Crippen molar-refractivity contribution in [2.45, 2.75) is 0 Å². The van der Waals surface area contributed by atoms with Gasteiger partial charge < -0.3 is 9.47 Å². The second-order valence-corrected chi connectivity index (χ2v) is 5.20. The predicted octanol–water partition coefficient (Wildman–Crippen LogP) is 4.94. The first kappa shape index (κ1) is 13.8. The third-order valence-electron chi connectivity index (χ3n) is 3.06. The van der Waals surface area contributed by atoms with E-state index in [0.717, 1.165) is 16.5 Å². The van der Waals surface area contributed by atoms with Crippen LogP contribution in [0.3, 0.4) is 0 Å². The van der Waals surface area contributed by atoms with Gasteiger partial charge in [0.25, 0.3) is 0 Å². The quantitative estimate of drug-likeness (QED) is 0.672. The number of ether oxygens (including phenoxy) is 2. The molecule has 21 heavy (non-hydrogen) atoms. The third-order valence-corrected chi connectivity index (χ3v) is 3.70. The van der Waals surface area contributed by atoms with Crippen LogP contribution in [0, 0.1) is 5.82 Å². The highest BCUT2D eigenvalue weighted by molar-refractivity contribution is 9.10. The van der Waals surface area contributed by atoms with Gasteiger partial charge in [-0.2, -0.15) is 0 Å². The molecular weight excluding hydrogens is 337 g/mol. The van der Waals surface area contributed by atoms with E-state index in [2.05, 4.69) is 20.9 Å². The molecule has 106 valence electrons. The highest BCUT2D eigenvalue weighted by atomic mass is 79.9. The van der Waals surface area contributed by atoms with Gasteiger partial charge in [0.1, 0.15) is 17.3 Å². The number of fused-ring (bicyclic) bond motifs is 1. The maximum atomic E-state index is 13.5. The number of rotatable bonds is 3. The van der Waals surface area contributed by atoms with Crippen LogP contribution in [-0.4, -0.2) is 12.1 Å². The maximum absolute atomic E-state index is 13.5. The van der Waals surface area contributed by atoms with Gasteiger partial charge in [-0.3, -0.25) is 0 Å². The van der Waals surface area contributed by atoms with Gasteiger partial charge in [0, 0.05) is 23.0 Å². The summed E-state index contributed by atoms with van der Waals surface area (Å²) in [7, 11) is 1.61. The summed E-state index contributed by atoms with van der Waals surface area (Å²) < 4.78 is 25.0. The Kier molecular flexibility index (Phi) is 3.75. The van der Waals surface area contributed by atoms with Crippen molar-refractivity contribution in [3.05, 3.63) is 59.0 Å². The van der Waals surface area contributed by atoms with E-state index in [0.29, 0.717) is 16.1 Å². The van der Waals surface area contributed by atoms with Crippen molar-refractivity contribution in [3.63, 3.8) is 0 Å². The van der Waals surface area contributed by atoms with Gasteiger partial charge in [0.15, 0.2) is 0 Å². The summed E-state index contributed by atoms with van der Waals surface area (Å²) in [6.07, 6.45) is 1.63. The lowest BCUT2D eigenvalue weighted by molar-refractivity contribution is 0.419. The molecule has 1 aromatic heterocycles. The Morgan fingerprint density at radius 3 is 2.71 bits per heavy atom. The van der Waals surface area contributed by atoms with Gasteiger partial charge in [0.2, 0.25) is 5.88 Å². The van der Waals surface area contributed by atoms with Crippen LogP contribution in [-0.2, 0) is 0 Å². The Balaban J connectivity index is 2.06. The van der Waals surface area contributed by atoms with E-state index < -0.39 is 0 Å². The van der Waals surface area contributed by atoms with Crippen molar-refractivity contribution in [2.24, 2.45) is 0 Å². The van der Waals surface area contributed by atoms with Crippen molar-refractivity contribution in [3.8, 4) is 17.4 Å². The summed E-state index contributed by atoms with van der Waals surface area (Å²) >= 11 is 3.11. The van der Waals surface area contributed by atoms with Crippen molar-refractivity contribution < 1.29 is 13.9 Å². The largest absolute Gasteiger partial charge is 0.496 e. The molecule has 0 aliphatic rings. The van der Waals surface area contributed by atoms with Crippen LogP contribution < -0.4 is 9.47 Å². The summed E-state index contributed by atoms with van der Waals surface area (Å²) in [6, 6.07) is 12.0. The van der Waals surface area contributed by atoms with Crippen LogP contribution in [0.1, 0.15) is 0 Å². The number of methoxy groups -OCH3 is 1. The van der Waals surface area contributed by atoms with E-state index >= 15 is 0 Å². The molecule has 5 heteroatoms. The molecule has 0 aliphatic heterocycles. The monoisotopic (exact) mass is 347 g/mol. The molecular formula is C16H11BrFNO2. The molecule has 0 atom stereocenters. The fourth-order valence-electron chi connectivity index (χ4n) is 2.06. The molecule has 0 saturated heterocycles. The lowest BCUT2D eigenvalue weighted by Crippen LogP contribution is -1.92. The van der Waals surface area contributed by atoms with Crippen LogP contribution in [0.5, 0.6) is 17.4 Å². The van der Waals surface area contributed by atoms with Gasteiger partial charge in [-0.05, 0) is 46.3 Å². The molecule has 0 unspecified atom stereocenters. The Bertz CT molecular complexity index is 807. The zero-order valence-electron chi connectivity index (χ0n) is 11.1. The van der Waals surface area contributed by atoms with Crippen LogP contribution in [0.15, 0.2) is 53.1 Å². The van der Waals surface area contributed by atoms with Crippen molar-refractivity contribution in [2.75, 3.05) is 7.11 Å². The minimum absolute atomic E-state index is 0.384. The van der Waals surface area contributed by atoms with E-state index in [4.69, 9.17) is 9.47 Å². The average Bonchev–Trinajstić information content (AvgIpc) is 2.51. The molecule has 3 aromatic rings. The molecule has 0 fully saturated rings. The second kappa shape index (κ2) is 5.69. The SMILES string of the molecule is COc1cccc2c(Oc3ccc(Br)c(F)c3)nccc12. The second-order valence-electron chi connectivity index (χ2n) is 4.35. The van der Waals surface area contributed by atoms with E-state index in [-0.39, 0.29) is 5.82 Å². The molecule has 0 amide bonds. The van der Waals surface area contributed by atoms with Crippen LogP contribution in [0.4, 0.5) is 4.39 Å². The van der Waals surface area contributed by atoms with Crippen LogP contribution in [0.25, 0.3) is 10.8 Å². The van der Waals surface area contributed by atoms with Crippen molar-refractivity contribution in [1.82, 2.24) is 4.98 Å². The molecule has 1 heterocycles. The minimum atomic E-state index is -0.384. The molecule has 0 aliphatic carbocycles. The molecule has 2 aromatic carbocycles. The number of hydrogen-bond donors (Lipinski definition) is 0. The molecule has 0 bridgehead atoms. The lowest BCUT2D eigenvalue weighted by atomic mass is 10.1. The molecule has 0 N–H and O–H groups in total. The normalized spacial score (nSPS) is 10.6. The number of aromatic nitrogens is 1. The number of halogens is 2. The molecule has 0 radical (unpaired) electrons. The molecule has 0 spiro atoms. The van der Waals surface area contributed by atoms with Gasteiger partial charge in [0.05, 0.1) is 11.6 Å². The van der Waals surface area contributed by atoms with E-state index in [1.54, 1.807) is 25.4 Å². The van der Waals surface area contributed by atoms with Gasteiger partial charge in [-0.1, -0.05) is 6.07 Å². The first-order chi connectivity index (χ1) is 10.2. The maximum Gasteiger partial charge on any atom is 0.227 e. The van der Waals surface area contributed by atoms with E-state index in [9.17, 15) is 4.39 Å². The van der Waals surface area contributed by atoms with Crippen molar-refractivity contribution >= 4 is 26.7 Å². The first-order valence-corrected chi connectivity index (χ1v) is 7.03. The highest BCUT2D eigenvalue weighted by Gasteiger charge is 2.09. The third kappa shape index (κ3) is 2.69. The zero-order valence-corrected chi connectivity index (χ0v) is 12.7. The Labute approximate surface area is 129 Å². The fraction of sp³-hybridized carbons (Fsp3) is 0.0625. The number of nitrogens with zero attached hydrogens (tertiary/aromatic N) is 1. The summed E-state index contributed by atoms with van der Waals surface area (Å²) in [5, 5.41) is 1.70. The summed E-state index contributed by atoms with van der Waals surface area (Å²) in [6.45, 7) is 0. The van der Waals surface area contributed by atoms with Crippen LogP contribution in [0.2, 0.25) is 0 Å². The standard InChI is InChI=1S/C16H11BrFNO2/c1-20-15-4-2-3-12-11(15)7-8-19-16(12)21-10-5-6-13(17)14(18)9-10/h2-9H,1H3. The van der Waals surface area contributed by atoms with E-state index in [1.807, 2.05) is 24.3 Å². The summed E-state index contributed by atoms with van der Waals surface area (Å²) in [5.41, 5.74) is 0. The van der Waals surface area contributed by atoms with Gasteiger partial charge in [-0.15, -0.1) is 0 Å². The van der Waals surface area contributed by atoms with Gasteiger partial charge >= 0.3 is 0 Å². The topological polar surface area (TPSA) is 31.4 Å². The fourth-order valence-corrected chi connectivity index (χ4v) is 2.31. The predicted molar refractivity (Wildman–Crippen MR) is 82.5 cm³/mol. The highest BCUT2D eigenvalue weighted by Crippen LogP contribution is 2.33. The molecule has 3 rings (SSSR count). The Morgan fingerprint density at radius 1 is 1.10 bits per heavy atom. The van der Waals surface area contributed by atoms with Gasteiger partial charge in [-0.25, -0.2) is 9.37 Å². The molecule has 3 nitrogen and oxygen atoms in total. The lowest BCUT2D eigenvalue weighted by Gasteiger charge is -2.10. The average molecular weight is 348 g/mol. The Morgan fingerprint density at radius 2 is 1.95 bits per heavy atom.